The molecule has 0 unspecified atom stereocenters. The first-order chi connectivity index (χ1) is 22.8. The number of hydrogen-bond acceptors (Lipinski definition) is 27. The van der Waals surface area contributed by atoms with E-state index in [9.17, 15) is 15.2 Å². The average Bonchev–Trinajstić information content (AvgIpc) is 3.88. The molecule has 1 aliphatic heterocycles. The van der Waals surface area contributed by atoms with Gasteiger partial charge in [0.25, 0.3) is 16.5 Å². The Labute approximate surface area is 320 Å². The zero-order valence-corrected chi connectivity index (χ0v) is 28.5. The first-order valence-electron chi connectivity index (χ1n) is 9.83. The van der Waals surface area contributed by atoms with Gasteiger partial charge in [-0.2, -0.15) is 10.4 Å². The number of alkyl halides is 1. The maximum Gasteiger partial charge on any atom is 1.00 e. The third kappa shape index (κ3) is 34.6. The number of guanidine groups is 1. The SMILES string of the molecule is C.C.Nc1nn[nH]n1.O.O=N[O-].O=[N+]([O-])/C(Br)=N/Nc1nn[nH]n1.O=[N+]([O-])CBr.O=[N+]([O-])O.[N-]=[N+]=C1N=NN=N1.[Na+].[O-]c1n[n+](-c2nn[nH]n2)no1. The zero-order valence-electron chi connectivity index (χ0n) is 23.4. The molecule has 5 rings (SSSR count). The van der Waals surface area contributed by atoms with E-state index in [2.05, 4.69) is 145 Å². The van der Waals surface area contributed by atoms with Crippen LogP contribution in [0.15, 0.2) is 35.6 Å². The number of rotatable bonds is 4. The number of nitrogens with zero attached hydrogens (tertiary/aromatic N) is 23. The summed E-state index contributed by atoms with van der Waals surface area (Å²) in [7, 11) is 0. The molecule has 5 heterocycles. The molecule has 0 fully saturated rings. The van der Waals surface area contributed by atoms with Gasteiger partial charge in [0.15, 0.2) is 0 Å². The molecule has 0 saturated heterocycles. The Morgan fingerprint density at radius 1 is 1.04 bits per heavy atom. The van der Waals surface area contributed by atoms with Crippen LogP contribution in [-0.2, 0) is 0 Å². The number of nitro groups is 2. The van der Waals surface area contributed by atoms with Crippen molar-refractivity contribution in [3.8, 4) is 12.0 Å². The minimum absolute atomic E-state index is 0. The molecule has 0 spiro atoms. The second-order valence-corrected chi connectivity index (χ2v) is 6.55. The number of halogens is 2. The molecule has 4 aromatic heterocycles. The van der Waals surface area contributed by atoms with Gasteiger partial charge < -0.3 is 56.6 Å². The molecular formula is C9H19Br2N28NaO12. The largest absolute Gasteiger partial charge is 1.00 e. The molecule has 0 amide bonds. The number of nitrogens with one attached hydrogen (secondary N) is 4. The molecule has 1 aliphatic rings. The van der Waals surface area contributed by atoms with Crippen molar-refractivity contribution in [2.45, 2.75) is 14.9 Å². The van der Waals surface area contributed by atoms with Crippen LogP contribution in [0, 0.1) is 40.5 Å². The van der Waals surface area contributed by atoms with Gasteiger partial charge in [-0.25, -0.2) is 0 Å². The number of aromatic amines is 3. The summed E-state index contributed by atoms with van der Waals surface area (Å²) in [6.07, 6.45) is -0.810. The van der Waals surface area contributed by atoms with Crippen LogP contribution in [0.25, 0.3) is 11.5 Å². The van der Waals surface area contributed by atoms with Crippen molar-refractivity contribution in [2.75, 3.05) is 16.6 Å². The molecule has 40 nitrogen and oxygen atoms in total. The predicted molar refractivity (Wildman–Crippen MR) is 157 cm³/mol. The summed E-state index contributed by atoms with van der Waals surface area (Å²) < 4.78 is 3.65. The van der Waals surface area contributed by atoms with Crippen molar-refractivity contribution in [2.24, 2.45) is 31.1 Å². The van der Waals surface area contributed by atoms with Crippen LogP contribution in [0.2, 0.25) is 0 Å². The van der Waals surface area contributed by atoms with Gasteiger partial charge in [-0.15, -0.1) is 31.1 Å². The molecular weight excluding hydrogens is 875 g/mol. The molecule has 0 radical (unpaired) electrons. The van der Waals surface area contributed by atoms with Crippen molar-refractivity contribution >= 4 is 54.5 Å². The van der Waals surface area contributed by atoms with Crippen LogP contribution in [0.4, 0.5) is 11.9 Å². The monoisotopic (exact) mass is 892 g/mol. The first-order valence-corrected chi connectivity index (χ1v) is 11.7. The molecule has 9 N–H and O–H groups in total. The second kappa shape index (κ2) is 37.1. The third-order valence-electron chi connectivity index (χ3n) is 2.49. The van der Waals surface area contributed by atoms with Crippen LogP contribution in [0.5, 0.6) is 6.08 Å². The Morgan fingerprint density at radius 3 is 1.81 bits per heavy atom. The summed E-state index contributed by atoms with van der Waals surface area (Å²) in [5, 5.41) is 111. The normalized spacial score (nSPS) is 9.19. The van der Waals surface area contributed by atoms with Crippen LogP contribution in [-0.4, -0.2) is 119 Å². The smallest absolute Gasteiger partial charge is 0.542 e. The topological polar surface area (TPSA) is 599 Å². The van der Waals surface area contributed by atoms with Gasteiger partial charge in [-0.3, -0.25) is 10.1 Å². The van der Waals surface area contributed by atoms with Crippen LogP contribution < -0.4 is 50.6 Å². The maximum absolute atomic E-state index is 10.3. The first kappa shape index (κ1) is 57.5. The van der Waals surface area contributed by atoms with Gasteiger partial charge in [0.05, 0.1) is 46.8 Å². The molecule has 0 aliphatic carbocycles. The predicted octanol–water partition coefficient (Wildman–Crippen LogP) is -6.36. The van der Waals surface area contributed by atoms with E-state index in [-0.39, 0.29) is 79.1 Å². The number of nitrogen functional groups attached to an aromatic ring is 1. The van der Waals surface area contributed by atoms with E-state index in [1.807, 2.05) is 0 Å². The average molecular weight is 894 g/mol. The van der Waals surface area contributed by atoms with Gasteiger partial charge in [-0.05, 0) is 36.6 Å². The van der Waals surface area contributed by atoms with E-state index in [1.54, 1.807) is 0 Å². The van der Waals surface area contributed by atoms with Gasteiger partial charge >= 0.3 is 52.2 Å². The van der Waals surface area contributed by atoms with Crippen molar-refractivity contribution in [1.82, 2.24) is 72.2 Å². The van der Waals surface area contributed by atoms with E-state index in [1.165, 1.54) is 0 Å². The molecule has 282 valence electrons. The number of nitrogens with two attached hydrogens (primary N) is 1. The summed E-state index contributed by atoms with van der Waals surface area (Å²) in [4.78, 5) is 37.7. The van der Waals surface area contributed by atoms with Gasteiger partial charge in [0.2, 0.25) is 6.08 Å². The van der Waals surface area contributed by atoms with Gasteiger partial charge in [0.1, 0.15) is 0 Å². The number of amidine groups is 1. The molecule has 0 aromatic carbocycles. The van der Waals surface area contributed by atoms with Crippen molar-refractivity contribution in [1.29, 1.82) is 0 Å². The maximum atomic E-state index is 10.3. The summed E-state index contributed by atoms with van der Waals surface area (Å²) in [6, 6.07) is 0. The molecule has 0 atom stereocenters. The van der Waals surface area contributed by atoms with E-state index >= 15 is 0 Å². The van der Waals surface area contributed by atoms with Crippen molar-refractivity contribution < 1.29 is 74.4 Å². The fraction of sp³-hybridized carbons (Fsp3) is 0.333. The van der Waals surface area contributed by atoms with Crippen molar-refractivity contribution in [3.05, 3.63) is 46.0 Å². The van der Waals surface area contributed by atoms with Gasteiger partial charge in [0, 0.05) is 20.0 Å². The summed E-state index contributed by atoms with van der Waals surface area (Å²) >= 11 is 5.20. The number of aromatic nitrogens is 15. The van der Waals surface area contributed by atoms with Gasteiger partial charge in [-0.1, -0.05) is 35.4 Å². The second-order valence-electron chi connectivity index (χ2n) is 5.34. The van der Waals surface area contributed by atoms with Crippen LogP contribution in [0.3, 0.4) is 0 Å². The van der Waals surface area contributed by atoms with E-state index < -0.39 is 25.8 Å². The number of hydrogen-bond donors (Lipinski definition) is 6. The summed E-state index contributed by atoms with van der Waals surface area (Å²) in [5.74, 6) is 0.166. The zero-order chi connectivity index (χ0) is 36.7. The Kier molecular flexibility index (Phi) is 41.0. The number of hydrazone groups is 1. The molecule has 0 bridgehead atoms. The van der Waals surface area contributed by atoms with Crippen molar-refractivity contribution in [3.63, 3.8) is 0 Å². The Balaban J connectivity index is -0.000000123. The van der Waals surface area contributed by atoms with E-state index in [4.69, 9.17) is 46.8 Å². The molecule has 43 heteroatoms. The molecule has 52 heavy (non-hydrogen) atoms. The summed E-state index contributed by atoms with van der Waals surface area (Å²) in [6.45, 7) is 0. The van der Waals surface area contributed by atoms with E-state index in [0.717, 1.165) is 10.1 Å². The Hall–Kier alpha value is -6.75. The molecule has 0 saturated carbocycles. The fourth-order valence-corrected chi connectivity index (χ4v) is 1.29. The van der Waals surface area contributed by atoms with Crippen LogP contribution in [0.1, 0.15) is 14.9 Å². The number of H-pyrrole nitrogens is 3. The quantitative estimate of drug-likeness (QED) is 0.00948. The number of anilines is 2. The minimum atomic E-state index is -1.50. The Morgan fingerprint density at radius 2 is 1.52 bits per heavy atom. The third-order valence-corrected chi connectivity index (χ3v) is 3.36. The summed E-state index contributed by atoms with van der Waals surface area (Å²) in [5.41, 5.74) is 14.8. The van der Waals surface area contributed by atoms with Crippen LogP contribution >= 0.6 is 31.9 Å². The Bertz CT molecular complexity index is 1590. The fourth-order valence-electron chi connectivity index (χ4n) is 1.21. The minimum Gasteiger partial charge on any atom is -0.542 e. The standard InChI is InChI=1S/C2H2BrN7O2.C2HN7O2.CH2BrNO2.CN6.CH3N5.2CH4.HNO3.HNO2.Na.H2O/c3-1(10(11)12)4-5-2-6-8-9-7-2;10-2-5-9(8-11-2)1-3-6-7-4-1;2-1-3(4)5;2-3-1-4-6-7-5-1;2-1-3-5-6-4-1;;;2-1(3)4;2-1-3;;/h(H2,5,6,7,8,9);(H-,3,4,5,6,7,8,10);1H2;;(H3,2,3,4,5,6);2*1H4;(H,2,3,4);(H,2,3);;1H2/q;;;;;;;;;+1;/p-1/b4-1+;;;;;;;;;;. The van der Waals surface area contributed by atoms with E-state index in [0.29, 0.717) is 0 Å². The number of tetrazole rings is 3. The molecule has 4 aromatic rings.